The van der Waals surface area contributed by atoms with Gasteiger partial charge in [0.05, 0.1) is 25.0 Å². The normalized spacial score (nSPS) is 11.6. The maximum absolute atomic E-state index is 12.9. The van der Waals surface area contributed by atoms with E-state index < -0.39 is 35.1 Å². The average molecular weight is 552 g/mol. The lowest BCUT2D eigenvalue weighted by atomic mass is 10.2. The second-order valence-corrected chi connectivity index (χ2v) is 12.3. The first-order valence-electron chi connectivity index (χ1n) is 13.6. The van der Waals surface area contributed by atoms with Crippen molar-refractivity contribution in [2.24, 2.45) is 0 Å². The standard InChI is InChI=1S/C28H49N5O6/c1-26(2,3)37-23(34)31(19-12-15-29)17-10-11-18-32(24(35)38-27(4,5)6)21-14-22-33(20-13-16-30)25(36)39-28(7,8)9/h10-14,17-22H2,1-9H3. The minimum absolute atomic E-state index is 0.176. The summed E-state index contributed by atoms with van der Waals surface area (Å²) in [6, 6.07) is 4.10. The highest BCUT2D eigenvalue weighted by Crippen LogP contribution is 2.14. The third kappa shape index (κ3) is 18.6. The molecule has 0 aliphatic rings. The van der Waals surface area contributed by atoms with Crippen molar-refractivity contribution in [2.75, 3.05) is 39.3 Å². The van der Waals surface area contributed by atoms with Gasteiger partial charge in [0.2, 0.25) is 0 Å². The van der Waals surface area contributed by atoms with Crippen LogP contribution in [-0.2, 0) is 14.2 Å². The smallest absolute Gasteiger partial charge is 0.410 e. The topological polar surface area (TPSA) is 136 Å². The van der Waals surface area contributed by atoms with Crippen molar-refractivity contribution >= 4 is 18.3 Å². The van der Waals surface area contributed by atoms with Gasteiger partial charge >= 0.3 is 18.3 Å². The first-order valence-corrected chi connectivity index (χ1v) is 13.6. The molecule has 0 aromatic heterocycles. The van der Waals surface area contributed by atoms with E-state index in [0.717, 1.165) is 0 Å². The van der Waals surface area contributed by atoms with Crippen molar-refractivity contribution in [1.82, 2.24) is 14.7 Å². The summed E-state index contributed by atoms with van der Waals surface area (Å²) in [5, 5.41) is 17.9. The molecule has 11 nitrogen and oxygen atoms in total. The van der Waals surface area contributed by atoms with Gasteiger partial charge in [-0.15, -0.1) is 0 Å². The molecular weight excluding hydrogens is 502 g/mol. The molecule has 0 aliphatic heterocycles. The largest absolute Gasteiger partial charge is 0.444 e. The summed E-state index contributed by atoms with van der Waals surface area (Å²) in [7, 11) is 0. The Balaban J connectivity index is 5.22. The van der Waals surface area contributed by atoms with E-state index in [1.165, 1.54) is 9.80 Å². The first kappa shape index (κ1) is 35.8. The molecule has 0 heterocycles. The van der Waals surface area contributed by atoms with Crippen LogP contribution in [0.4, 0.5) is 14.4 Å². The molecule has 0 saturated heterocycles. The molecular formula is C28H49N5O6. The van der Waals surface area contributed by atoms with Crippen LogP contribution in [0.1, 0.15) is 94.4 Å². The molecule has 222 valence electrons. The van der Waals surface area contributed by atoms with E-state index in [4.69, 9.17) is 24.7 Å². The number of ether oxygens (including phenoxy) is 3. The Hall–Kier alpha value is -3.21. The lowest BCUT2D eigenvalue weighted by Gasteiger charge is -2.30. The number of carbonyl (C=O) groups excluding carboxylic acids is 3. The third-order valence-corrected chi connectivity index (χ3v) is 4.90. The number of nitrogens with zero attached hydrogens (tertiary/aromatic N) is 5. The molecule has 0 aliphatic carbocycles. The average Bonchev–Trinajstić information content (AvgIpc) is 2.75. The predicted molar refractivity (Wildman–Crippen MR) is 148 cm³/mol. The lowest BCUT2D eigenvalue weighted by molar-refractivity contribution is 0.0185. The molecule has 0 saturated carbocycles. The Morgan fingerprint density at radius 3 is 1.03 bits per heavy atom. The number of amides is 3. The summed E-state index contributed by atoms with van der Waals surface area (Å²) in [5.74, 6) is 0. The summed E-state index contributed by atoms with van der Waals surface area (Å²) in [5.41, 5.74) is -1.98. The molecule has 0 bridgehead atoms. The molecule has 0 unspecified atom stereocenters. The maximum Gasteiger partial charge on any atom is 0.410 e. The van der Waals surface area contributed by atoms with Crippen molar-refractivity contribution < 1.29 is 28.6 Å². The van der Waals surface area contributed by atoms with Crippen LogP contribution in [-0.4, -0.2) is 89.1 Å². The van der Waals surface area contributed by atoms with Crippen molar-refractivity contribution in [3.8, 4) is 12.1 Å². The second-order valence-electron chi connectivity index (χ2n) is 12.3. The van der Waals surface area contributed by atoms with Gasteiger partial charge in [-0.2, -0.15) is 10.5 Å². The Bertz CT molecular complexity index is 858. The number of hydrogen-bond donors (Lipinski definition) is 0. The van der Waals surface area contributed by atoms with Crippen LogP contribution in [0.3, 0.4) is 0 Å². The monoisotopic (exact) mass is 551 g/mol. The lowest BCUT2D eigenvalue weighted by Crippen LogP contribution is -2.41. The van der Waals surface area contributed by atoms with E-state index >= 15 is 0 Å². The van der Waals surface area contributed by atoms with E-state index in [-0.39, 0.29) is 25.9 Å². The number of rotatable bonds is 13. The van der Waals surface area contributed by atoms with Crippen LogP contribution < -0.4 is 0 Å². The number of nitriles is 2. The van der Waals surface area contributed by atoms with Crippen LogP contribution in [0.15, 0.2) is 0 Å². The fraction of sp³-hybridized carbons (Fsp3) is 0.821. The van der Waals surface area contributed by atoms with Crippen LogP contribution in [0.5, 0.6) is 0 Å². The Kier molecular flexibility index (Phi) is 15.3. The summed E-state index contributed by atoms with van der Waals surface area (Å²) >= 11 is 0. The van der Waals surface area contributed by atoms with Crippen molar-refractivity contribution in [3.05, 3.63) is 0 Å². The van der Waals surface area contributed by atoms with Crippen LogP contribution >= 0.6 is 0 Å². The molecule has 0 radical (unpaired) electrons. The molecule has 0 N–H and O–H groups in total. The van der Waals surface area contributed by atoms with Gasteiger partial charge in [-0.25, -0.2) is 14.4 Å². The van der Waals surface area contributed by atoms with Gasteiger partial charge in [-0.1, -0.05) is 0 Å². The second kappa shape index (κ2) is 16.7. The van der Waals surface area contributed by atoms with Crippen LogP contribution in [0.2, 0.25) is 0 Å². The molecule has 0 aromatic rings. The molecule has 0 spiro atoms. The summed E-state index contributed by atoms with van der Waals surface area (Å²) in [6.45, 7) is 18.0. The van der Waals surface area contributed by atoms with Gasteiger partial charge in [0.15, 0.2) is 0 Å². The summed E-state index contributed by atoms with van der Waals surface area (Å²) in [4.78, 5) is 42.6. The highest BCUT2D eigenvalue weighted by Gasteiger charge is 2.25. The minimum Gasteiger partial charge on any atom is -0.444 e. The summed E-state index contributed by atoms with van der Waals surface area (Å²) < 4.78 is 16.5. The molecule has 3 amide bonds. The first-order chi connectivity index (χ1) is 17.9. The highest BCUT2D eigenvalue weighted by molar-refractivity contribution is 5.69. The van der Waals surface area contributed by atoms with E-state index in [0.29, 0.717) is 45.4 Å². The van der Waals surface area contributed by atoms with E-state index in [9.17, 15) is 14.4 Å². The quantitative estimate of drug-likeness (QED) is 0.210. The Morgan fingerprint density at radius 2 is 0.769 bits per heavy atom. The Labute approximate surface area is 234 Å². The molecule has 0 atom stereocenters. The maximum atomic E-state index is 12.9. The van der Waals surface area contributed by atoms with Crippen molar-refractivity contribution in [2.45, 2.75) is 111 Å². The van der Waals surface area contributed by atoms with Crippen LogP contribution in [0.25, 0.3) is 0 Å². The van der Waals surface area contributed by atoms with E-state index in [2.05, 4.69) is 6.07 Å². The fourth-order valence-electron chi connectivity index (χ4n) is 3.29. The summed E-state index contributed by atoms with van der Waals surface area (Å²) in [6.07, 6.45) is 0.596. The zero-order chi connectivity index (χ0) is 30.3. The zero-order valence-corrected chi connectivity index (χ0v) is 25.5. The Morgan fingerprint density at radius 1 is 0.513 bits per heavy atom. The van der Waals surface area contributed by atoms with Gasteiger partial charge in [0, 0.05) is 39.3 Å². The van der Waals surface area contributed by atoms with E-state index in [1.807, 2.05) is 6.07 Å². The zero-order valence-electron chi connectivity index (χ0n) is 25.5. The number of carbonyl (C=O) groups is 3. The van der Waals surface area contributed by atoms with E-state index in [1.54, 1.807) is 67.2 Å². The molecule has 11 heteroatoms. The molecule has 39 heavy (non-hydrogen) atoms. The minimum atomic E-state index is -0.671. The molecule has 0 fully saturated rings. The molecule has 0 rings (SSSR count). The SMILES string of the molecule is CC(C)(C)OC(=O)N(CCC#N)CCCCN(CCCN(CCC#N)C(=O)OC(C)(C)C)C(=O)OC(C)(C)C. The third-order valence-electron chi connectivity index (χ3n) is 4.90. The van der Waals surface area contributed by atoms with Gasteiger partial charge < -0.3 is 28.9 Å². The fourth-order valence-corrected chi connectivity index (χ4v) is 3.29. The molecule has 0 aromatic carbocycles. The highest BCUT2D eigenvalue weighted by atomic mass is 16.6. The number of unbranched alkanes of at least 4 members (excludes halogenated alkanes) is 1. The van der Waals surface area contributed by atoms with Gasteiger partial charge in [0.25, 0.3) is 0 Å². The number of hydrogen-bond acceptors (Lipinski definition) is 8. The van der Waals surface area contributed by atoms with Crippen molar-refractivity contribution in [1.29, 1.82) is 10.5 Å². The van der Waals surface area contributed by atoms with Crippen LogP contribution in [0, 0.1) is 22.7 Å². The predicted octanol–water partition coefficient (Wildman–Crippen LogP) is 5.70. The van der Waals surface area contributed by atoms with Gasteiger partial charge in [0.1, 0.15) is 16.8 Å². The van der Waals surface area contributed by atoms with Gasteiger partial charge in [-0.05, 0) is 81.6 Å². The van der Waals surface area contributed by atoms with Crippen molar-refractivity contribution in [3.63, 3.8) is 0 Å². The van der Waals surface area contributed by atoms with Gasteiger partial charge in [-0.3, -0.25) is 0 Å².